The lowest BCUT2D eigenvalue weighted by Gasteiger charge is -2.08. The number of aromatic nitrogens is 1. The Balaban J connectivity index is 2.41. The van der Waals surface area contributed by atoms with Crippen LogP contribution in [0, 0.1) is 0 Å². The standard InChI is InChI=1S/C11H18N4OS/c1-17-7-3-2-5-14-11(16)9-4-6-13-8-10(9)15-12/h4,6,8,15H,2-3,5,7,12H2,1H3,(H,14,16). The van der Waals surface area contributed by atoms with Gasteiger partial charge in [-0.05, 0) is 30.9 Å². The highest BCUT2D eigenvalue weighted by Crippen LogP contribution is 2.11. The predicted molar refractivity (Wildman–Crippen MR) is 72.0 cm³/mol. The topological polar surface area (TPSA) is 80.0 Å². The maximum absolute atomic E-state index is 11.8. The number of nitrogen functional groups attached to an aromatic ring is 1. The molecule has 0 radical (unpaired) electrons. The Kier molecular flexibility index (Phi) is 6.42. The van der Waals surface area contributed by atoms with Gasteiger partial charge in [0.2, 0.25) is 0 Å². The van der Waals surface area contributed by atoms with Crippen molar-refractivity contribution in [3.05, 3.63) is 24.0 Å². The Morgan fingerprint density at radius 3 is 3.06 bits per heavy atom. The summed E-state index contributed by atoms with van der Waals surface area (Å²) in [5.74, 6) is 6.31. The molecule has 0 atom stereocenters. The van der Waals surface area contributed by atoms with Gasteiger partial charge in [0, 0.05) is 12.7 Å². The van der Waals surface area contributed by atoms with Crippen LogP contribution in [-0.2, 0) is 0 Å². The van der Waals surface area contributed by atoms with Crippen LogP contribution in [0.25, 0.3) is 0 Å². The highest BCUT2D eigenvalue weighted by molar-refractivity contribution is 7.98. The Labute approximate surface area is 106 Å². The molecule has 0 aliphatic heterocycles. The molecule has 0 aromatic carbocycles. The average molecular weight is 254 g/mol. The van der Waals surface area contributed by atoms with Crippen molar-refractivity contribution in [2.24, 2.45) is 5.84 Å². The summed E-state index contributed by atoms with van der Waals surface area (Å²) >= 11 is 1.82. The van der Waals surface area contributed by atoms with E-state index in [2.05, 4.69) is 22.0 Å². The van der Waals surface area contributed by atoms with E-state index in [1.807, 2.05) is 11.8 Å². The van der Waals surface area contributed by atoms with E-state index in [0.717, 1.165) is 18.6 Å². The predicted octanol–water partition coefficient (Wildman–Crippen LogP) is 1.24. The quantitative estimate of drug-likeness (QED) is 0.387. The number of amides is 1. The molecule has 0 spiro atoms. The van der Waals surface area contributed by atoms with Crippen molar-refractivity contribution in [2.75, 3.05) is 24.0 Å². The number of nitrogens with one attached hydrogen (secondary N) is 2. The molecule has 0 fully saturated rings. The lowest BCUT2D eigenvalue weighted by atomic mass is 10.2. The van der Waals surface area contributed by atoms with Crippen LogP contribution >= 0.6 is 11.8 Å². The number of thioether (sulfide) groups is 1. The Morgan fingerprint density at radius 2 is 2.35 bits per heavy atom. The van der Waals surface area contributed by atoms with Crippen LogP contribution in [0.3, 0.4) is 0 Å². The van der Waals surface area contributed by atoms with E-state index >= 15 is 0 Å². The monoisotopic (exact) mass is 254 g/mol. The molecule has 1 amide bonds. The molecular weight excluding hydrogens is 236 g/mol. The van der Waals surface area contributed by atoms with E-state index in [-0.39, 0.29) is 5.91 Å². The van der Waals surface area contributed by atoms with Gasteiger partial charge in [-0.1, -0.05) is 0 Å². The van der Waals surface area contributed by atoms with Gasteiger partial charge in [-0.15, -0.1) is 0 Å². The summed E-state index contributed by atoms with van der Waals surface area (Å²) in [6.07, 6.45) is 7.28. The summed E-state index contributed by atoms with van der Waals surface area (Å²) in [5, 5.41) is 2.86. The molecule has 0 bridgehead atoms. The number of hydrazine groups is 1. The van der Waals surface area contributed by atoms with Crippen molar-refractivity contribution >= 4 is 23.4 Å². The van der Waals surface area contributed by atoms with Gasteiger partial charge in [0.1, 0.15) is 0 Å². The van der Waals surface area contributed by atoms with Crippen molar-refractivity contribution in [3.8, 4) is 0 Å². The first-order valence-electron chi connectivity index (χ1n) is 5.47. The number of carbonyl (C=O) groups excluding carboxylic acids is 1. The molecule has 5 nitrogen and oxygen atoms in total. The molecule has 0 saturated carbocycles. The van der Waals surface area contributed by atoms with Crippen LogP contribution in [0.15, 0.2) is 18.5 Å². The number of unbranched alkanes of at least 4 members (excludes halogenated alkanes) is 1. The number of hydrogen-bond acceptors (Lipinski definition) is 5. The van der Waals surface area contributed by atoms with E-state index in [9.17, 15) is 4.79 Å². The summed E-state index contributed by atoms with van der Waals surface area (Å²) in [7, 11) is 0. The number of hydrogen-bond donors (Lipinski definition) is 3. The minimum absolute atomic E-state index is 0.121. The zero-order valence-electron chi connectivity index (χ0n) is 9.90. The van der Waals surface area contributed by atoms with Crippen molar-refractivity contribution in [1.82, 2.24) is 10.3 Å². The normalized spacial score (nSPS) is 10.0. The maximum atomic E-state index is 11.8. The van der Waals surface area contributed by atoms with Crippen LogP contribution in [0.1, 0.15) is 23.2 Å². The Morgan fingerprint density at radius 1 is 1.53 bits per heavy atom. The fraction of sp³-hybridized carbons (Fsp3) is 0.455. The van der Waals surface area contributed by atoms with Crippen LogP contribution in [0.4, 0.5) is 5.69 Å². The molecule has 0 saturated heterocycles. The third-order valence-electron chi connectivity index (χ3n) is 2.28. The van der Waals surface area contributed by atoms with Crippen molar-refractivity contribution < 1.29 is 4.79 Å². The van der Waals surface area contributed by atoms with Crippen molar-refractivity contribution in [2.45, 2.75) is 12.8 Å². The number of rotatable bonds is 7. The molecular formula is C11H18N4OS. The van der Waals surface area contributed by atoms with Gasteiger partial charge in [-0.3, -0.25) is 15.6 Å². The third kappa shape index (κ3) is 4.62. The lowest BCUT2D eigenvalue weighted by molar-refractivity contribution is 0.0954. The molecule has 1 aromatic heterocycles. The number of carbonyl (C=O) groups is 1. The molecule has 0 aliphatic rings. The molecule has 0 unspecified atom stereocenters. The van der Waals surface area contributed by atoms with Crippen molar-refractivity contribution in [3.63, 3.8) is 0 Å². The zero-order valence-corrected chi connectivity index (χ0v) is 10.7. The molecule has 94 valence electrons. The van der Waals surface area contributed by atoms with Gasteiger partial charge in [0.25, 0.3) is 5.91 Å². The molecule has 17 heavy (non-hydrogen) atoms. The minimum Gasteiger partial charge on any atom is -0.352 e. The second-order valence-corrected chi connectivity index (χ2v) is 4.51. The molecule has 1 heterocycles. The summed E-state index contributed by atoms with van der Waals surface area (Å²) in [5.41, 5.74) is 3.52. The number of nitrogens with zero attached hydrogens (tertiary/aromatic N) is 1. The summed E-state index contributed by atoms with van der Waals surface area (Å²) in [6, 6.07) is 1.65. The number of nitrogens with two attached hydrogens (primary N) is 1. The average Bonchev–Trinajstić information content (AvgIpc) is 2.38. The second-order valence-electron chi connectivity index (χ2n) is 3.52. The van der Waals surface area contributed by atoms with Gasteiger partial charge in [-0.2, -0.15) is 11.8 Å². The highest BCUT2D eigenvalue weighted by atomic mass is 32.2. The van der Waals surface area contributed by atoms with Gasteiger partial charge in [-0.25, -0.2) is 0 Å². The summed E-state index contributed by atoms with van der Waals surface area (Å²) in [4.78, 5) is 15.7. The van der Waals surface area contributed by atoms with Crippen LogP contribution < -0.4 is 16.6 Å². The SMILES string of the molecule is CSCCCCNC(=O)c1ccncc1NN. The fourth-order valence-electron chi connectivity index (χ4n) is 1.38. The molecule has 4 N–H and O–H groups in total. The first-order chi connectivity index (χ1) is 8.29. The van der Waals surface area contributed by atoms with E-state index in [4.69, 9.17) is 5.84 Å². The maximum Gasteiger partial charge on any atom is 0.253 e. The summed E-state index contributed by atoms with van der Waals surface area (Å²) in [6.45, 7) is 0.686. The molecule has 1 aromatic rings. The van der Waals surface area contributed by atoms with Gasteiger partial charge >= 0.3 is 0 Å². The minimum atomic E-state index is -0.121. The first-order valence-corrected chi connectivity index (χ1v) is 6.86. The zero-order chi connectivity index (χ0) is 12.5. The highest BCUT2D eigenvalue weighted by Gasteiger charge is 2.09. The van der Waals surface area contributed by atoms with Gasteiger partial charge in [0.05, 0.1) is 17.4 Å². The Bertz CT molecular complexity index is 359. The van der Waals surface area contributed by atoms with E-state index < -0.39 is 0 Å². The first kappa shape index (κ1) is 13.8. The van der Waals surface area contributed by atoms with Crippen LogP contribution in [0.2, 0.25) is 0 Å². The molecule has 1 rings (SSSR count). The van der Waals surface area contributed by atoms with E-state index in [0.29, 0.717) is 17.8 Å². The van der Waals surface area contributed by atoms with Crippen LogP contribution in [-0.4, -0.2) is 29.4 Å². The fourth-order valence-corrected chi connectivity index (χ4v) is 1.87. The Hall–Kier alpha value is -1.27. The van der Waals surface area contributed by atoms with Gasteiger partial charge in [0.15, 0.2) is 0 Å². The smallest absolute Gasteiger partial charge is 0.253 e. The van der Waals surface area contributed by atoms with Gasteiger partial charge < -0.3 is 10.7 Å². The number of anilines is 1. The second kappa shape index (κ2) is 7.92. The van der Waals surface area contributed by atoms with Crippen molar-refractivity contribution in [1.29, 1.82) is 0 Å². The third-order valence-corrected chi connectivity index (χ3v) is 2.98. The summed E-state index contributed by atoms with van der Waals surface area (Å²) < 4.78 is 0. The molecule has 0 aliphatic carbocycles. The molecule has 6 heteroatoms. The van der Waals surface area contributed by atoms with E-state index in [1.54, 1.807) is 12.3 Å². The lowest BCUT2D eigenvalue weighted by Crippen LogP contribution is -2.26. The van der Waals surface area contributed by atoms with E-state index in [1.165, 1.54) is 6.20 Å². The van der Waals surface area contributed by atoms with Crippen LogP contribution in [0.5, 0.6) is 0 Å². The largest absolute Gasteiger partial charge is 0.352 e. The number of pyridine rings is 1.